The van der Waals surface area contributed by atoms with E-state index in [0.29, 0.717) is 19.4 Å². The van der Waals surface area contributed by atoms with E-state index in [4.69, 9.17) is 4.74 Å². The molecule has 178 valence electrons. The van der Waals surface area contributed by atoms with Gasteiger partial charge in [-0.3, -0.25) is 8.98 Å². The van der Waals surface area contributed by atoms with Crippen LogP contribution in [0.15, 0.2) is 12.2 Å². The molecule has 0 aromatic carbocycles. The summed E-state index contributed by atoms with van der Waals surface area (Å²) in [6.45, 7) is 2.54. The summed E-state index contributed by atoms with van der Waals surface area (Å²) in [5, 5.41) is 0. The molecule has 1 atom stereocenters. The minimum absolute atomic E-state index is 0. The Balaban J connectivity index is 0. The normalized spacial score (nSPS) is 19.4. The standard InChI is InChI=1S/C24H44O5S.Na.H/c1-3-4-5-6-7-8-9-10-11-12-13-14-15-16-17-20-23(25)24(30(26,27)28-2)21-18-19-22-29-24;;/h10-11H,3-9,12-22H2,1-2H3;;/q;+1;-1/b11-10-;;. The molecule has 5 nitrogen and oxygen atoms in total. The molecule has 0 N–H and O–H groups in total. The number of hydrogen-bond acceptors (Lipinski definition) is 5. The van der Waals surface area contributed by atoms with Gasteiger partial charge in [-0.15, -0.1) is 0 Å². The minimum atomic E-state index is -4.03. The van der Waals surface area contributed by atoms with E-state index in [-0.39, 0.29) is 49.6 Å². The summed E-state index contributed by atoms with van der Waals surface area (Å²) in [6, 6.07) is 0. The van der Waals surface area contributed by atoms with Gasteiger partial charge in [-0.1, -0.05) is 70.4 Å². The van der Waals surface area contributed by atoms with Gasteiger partial charge in [-0.25, -0.2) is 0 Å². The number of rotatable bonds is 18. The molecular formula is C24H45NaO5S. The number of Topliss-reactive ketones (excluding diaryl/α,β-unsaturated/α-hetero) is 1. The van der Waals surface area contributed by atoms with Crippen LogP contribution in [0.4, 0.5) is 0 Å². The van der Waals surface area contributed by atoms with Crippen molar-refractivity contribution < 1.29 is 53.1 Å². The molecule has 0 amide bonds. The maximum atomic E-state index is 12.7. The first kappa shape index (κ1) is 31.3. The Labute approximate surface area is 215 Å². The van der Waals surface area contributed by atoms with Crippen molar-refractivity contribution in [3.05, 3.63) is 12.2 Å². The molecule has 0 aliphatic carbocycles. The third-order valence-corrected chi connectivity index (χ3v) is 7.75. The predicted molar refractivity (Wildman–Crippen MR) is 124 cm³/mol. The first-order valence-corrected chi connectivity index (χ1v) is 13.5. The molecule has 1 saturated heterocycles. The second kappa shape index (κ2) is 18.7. The van der Waals surface area contributed by atoms with Gasteiger partial charge in [0.15, 0.2) is 5.78 Å². The average Bonchev–Trinajstić information content (AvgIpc) is 2.76. The second-order valence-corrected chi connectivity index (χ2v) is 10.3. The van der Waals surface area contributed by atoms with Gasteiger partial charge in [0.1, 0.15) is 0 Å². The largest absolute Gasteiger partial charge is 1.00 e. The van der Waals surface area contributed by atoms with E-state index < -0.39 is 15.1 Å². The zero-order valence-corrected chi connectivity index (χ0v) is 23.1. The van der Waals surface area contributed by atoms with Gasteiger partial charge in [-0.05, 0) is 44.9 Å². The van der Waals surface area contributed by atoms with E-state index in [1.165, 1.54) is 51.4 Å². The molecule has 7 heteroatoms. The predicted octanol–water partition coefficient (Wildman–Crippen LogP) is 3.58. The van der Waals surface area contributed by atoms with Crippen molar-refractivity contribution in [1.29, 1.82) is 0 Å². The summed E-state index contributed by atoms with van der Waals surface area (Å²) in [7, 11) is -2.93. The molecule has 0 bridgehead atoms. The van der Waals surface area contributed by atoms with Crippen molar-refractivity contribution in [3.63, 3.8) is 0 Å². The third-order valence-electron chi connectivity index (χ3n) is 5.95. The van der Waals surface area contributed by atoms with Gasteiger partial charge in [-0.2, -0.15) is 8.42 Å². The van der Waals surface area contributed by atoms with Crippen LogP contribution >= 0.6 is 0 Å². The summed E-state index contributed by atoms with van der Waals surface area (Å²) < 4.78 is 34.7. The number of unbranched alkanes of at least 4 members (excludes halogenated alkanes) is 11. The SMILES string of the molecule is CCCCCCCC/C=C\CCCCCCCC(=O)C1(S(=O)(=O)OC)CCCCO1.[H-].[Na+]. The first-order valence-electron chi connectivity index (χ1n) is 12.1. The molecule has 1 fully saturated rings. The van der Waals surface area contributed by atoms with E-state index in [1.807, 2.05) is 0 Å². The van der Waals surface area contributed by atoms with Gasteiger partial charge in [0.2, 0.25) is 0 Å². The number of carbonyl (C=O) groups is 1. The van der Waals surface area contributed by atoms with E-state index in [0.717, 1.165) is 39.2 Å². The van der Waals surface area contributed by atoms with Crippen molar-refractivity contribution in [2.45, 2.75) is 121 Å². The van der Waals surface area contributed by atoms with Crippen LogP contribution in [0.25, 0.3) is 0 Å². The molecule has 1 unspecified atom stereocenters. The Morgan fingerprint density at radius 1 is 0.935 bits per heavy atom. The van der Waals surface area contributed by atoms with Crippen LogP contribution in [-0.4, -0.2) is 32.9 Å². The third kappa shape index (κ3) is 11.8. The van der Waals surface area contributed by atoms with Crippen LogP contribution in [0.2, 0.25) is 0 Å². The molecule has 0 saturated carbocycles. The summed E-state index contributed by atoms with van der Waals surface area (Å²) in [5.41, 5.74) is 0. The quantitative estimate of drug-likeness (QED) is 0.133. The van der Waals surface area contributed by atoms with E-state index >= 15 is 0 Å². The first-order chi connectivity index (χ1) is 14.5. The molecule has 0 aromatic heterocycles. The Morgan fingerprint density at radius 3 is 2.00 bits per heavy atom. The molecular weight excluding hydrogens is 423 g/mol. The van der Waals surface area contributed by atoms with Crippen molar-refractivity contribution in [2.75, 3.05) is 13.7 Å². The van der Waals surface area contributed by atoms with Gasteiger partial charge in [0, 0.05) is 19.4 Å². The average molecular weight is 469 g/mol. The molecule has 1 aliphatic heterocycles. The zero-order valence-electron chi connectivity index (χ0n) is 21.3. The Bertz CT molecular complexity index is 589. The summed E-state index contributed by atoms with van der Waals surface area (Å²) >= 11 is 0. The maximum Gasteiger partial charge on any atom is 1.00 e. The van der Waals surface area contributed by atoms with Crippen LogP contribution in [-0.2, 0) is 23.8 Å². The van der Waals surface area contributed by atoms with Crippen LogP contribution in [0, 0.1) is 0 Å². The van der Waals surface area contributed by atoms with Crippen LogP contribution in [0.5, 0.6) is 0 Å². The molecule has 31 heavy (non-hydrogen) atoms. The fourth-order valence-electron chi connectivity index (χ4n) is 4.01. The van der Waals surface area contributed by atoms with Gasteiger partial charge in [0.25, 0.3) is 4.93 Å². The smallest absolute Gasteiger partial charge is 1.00 e. The molecule has 0 spiro atoms. The van der Waals surface area contributed by atoms with Crippen molar-refractivity contribution in [2.24, 2.45) is 0 Å². The fraction of sp³-hybridized carbons (Fsp3) is 0.875. The van der Waals surface area contributed by atoms with Crippen LogP contribution in [0.1, 0.15) is 118 Å². The number of ketones is 1. The van der Waals surface area contributed by atoms with Crippen molar-refractivity contribution >= 4 is 15.9 Å². The van der Waals surface area contributed by atoms with Crippen molar-refractivity contribution in [1.82, 2.24) is 0 Å². The number of hydrogen-bond donors (Lipinski definition) is 0. The molecule has 1 rings (SSSR count). The van der Waals surface area contributed by atoms with Crippen molar-refractivity contribution in [3.8, 4) is 0 Å². The number of ether oxygens (including phenoxy) is 1. The Kier molecular flexibility index (Phi) is 18.8. The molecule has 0 aromatic rings. The monoisotopic (exact) mass is 468 g/mol. The minimum Gasteiger partial charge on any atom is -1.00 e. The topological polar surface area (TPSA) is 69.7 Å². The van der Waals surface area contributed by atoms with Crippen LogP contribution in [0.3, 0.4) is 0 Å². The summed E-state index contributed by atoms with van der Waals surface area (Å²) in [6.07, 6.45) is 21.9. The number of allylic oxidation sites excluding steroid dienone is 2. The van der Waals surface area contributed by atoms with Gasteiger partial charge < -0.3 is 6.16 Å². The second-order valence-electron chi connectivity index (χ2n) is 8.44. The Morgan fingerprint density at radius 2 is 1.48 bits per heavy atom. The summed E-state index contributed by atoms with van der Waals surface area (Å²) in [4.78, 5) is 10.9. The summed E-state index contributed by atoms with van der Waals surface area (Å²) in [5.74, 6) is -0.346. The van der Waals surface area contributed by atoms with E-state index in [1.54, 1.807) is 0 Å². The van der Waals surface area contributed by atoms with Crippen LogP contribution < -0.4 is 29.6 Å². The van der Waals surface area contributed by atoms with E-state index in [2.05, 4.69) is 23.3 Å². The molecule has 0 radical (unpaired) electrons. The molecule has 1 aliphatic rings. The Hall–Kier alpha value is 0.280. The van der Waals surface area contributed by atoms with Gasteiger partial charge in [0.05, 0.1) is 7.11 Å². The van der Waals surface area contributed by atoms with Gasteiger partial charge >= 0.3 is 39.7 Å². The number of carbonyl (C=O) groups excluding carboxylic acids is 1. The zero-order chi connectivity index (χ0) is 22.1. The maximum absolute atomic E-state index is 12.7. The molecule has 1 heterocycles. The fourth-order valence-corrected chi connectivity index (χ4v) is 5.28. The van der Waals surface area contributed by atoms with E-state index in [9.17, 15) is 13.2 Å².